The highest BCUT2D eigenvalue weighted by molar-refractivity contribution is 7.89. The summed E-state index contributed by atoms with van der Waals surface area (Å²) in [6.07, 6.45) is 1.66. The number of ether oxygens (including phenoxy) is 1. The number of anilines is 1. The van der Waals surface area contributed by atoms with Gasteiger partial charge in [0.25, 0.3) is 0 Å². The minimum Gasteiger partial charge on any atom is -0.398 e. The maximum absolute atomic E-state index is 12.7. The van der Waals surface area contributed by atoms with Gasteiger partial charge >= 0.3 is 0 Å². The van der Waals surface area contributed by atoms with E-state index in [1.807, 2.05) is 6.92 Å². The van der Waals surface area contributed by atoms with Crippen molar-refractivity contribution >= 4 is 15.7 Å². The van der Waals surface area contributed by atoms with Crippen molar-refractivity contribution in [1.29, 1.82) is 0 Å². The molecule has 1 fully saturated rings. The minimum atomic E-state index is -3.46. The van der Waals surface area contributed by atoms with E-state index in [-0.39, 0.29) is 6.10 Å². The molecule has 1 saturated heterocycles. The third-order valence-electron chi connectivity index (χ3n) is 3.75. The standard InChI is InChI=1S/C14H22N2O3S/c1-3-19-12-7-9-16(10-8-12)20(17,18)14-6-4-5-13(15)11(14)2/h4-6,12H,3,7-10,15H2,1-2H3. The first-order valence-corrected chi connectivity index (χ1v) is 8.37. The van der Waals surface area contributed by atoms with Crippen LogP contribution in [-0.4, -0.2) is 38.5 Å². The number of nitrogens with two attached hydrogens (primary N) is 1. The average Bonchev–Trinajstić information content (AvgIpc) is 2.42. The third-order valence-corrected chi connectivity index (χ3v) is 5.79. The molecule has 0 spiro atoms. The monoisotopic (exact) mass is 298 g/mol. The molecule has 0 aliphatic carbocycles. The second-order valence-corrected chi connectivity index (χ2v) is 6.94. The van der Waals surface area contributed by atoms with E-state index in [2.05, 4.69) is 0 Å². The second-order valence-electron chi connectivity index (χ2n) is 5.03. The molecule has 0 atom stereocenters. The van der Waals surface area contributed by atoms with Gasteiger partial charge in [-0.1, -0.05) is 6.07 Å². The molecule has 6 heteroatoms. The van der Waals surface area contributed by atoms with Gasteiger partial charge in [-0.05, 0) is 44.4 Å². The Morgan fingerprint density at radius 3 is 2.60 bits per heavy atom. The fraction of sp³-hybridized carbons (Fsp3) is 0.571. The lowest BCUT2D eigenvalue weighted by Gasteiger charge is -2.31. The summed E-state index contributed by atoms with van der Waals surface area (Å²) >= 11 is 0. The molecule has 0 bridgehead atoms. The van der Waals surface area contributed by atoms with Gasteiger partial charge in [-0.15, -0.1) is 0 Å². The smallest absolute Gasteiger partial charge is 0.243 e. The highest BCUT2D eigenvalue weighted by atomic mass is 32.2. The van der Waals surface area contributed by atoms with Crippen molar-refractivity contribution < 1.29 is 13.2 Å². The molecule has 5 nitrogen and oxygen atoms in total. The fourth-order valence-electron chi connectivity index (χ4n) is 2.52. The number of nitrogens with zero attached hydrogens (tertiary/aromatic N) is 1. The van der Waals surface area contributed by atoms with E-state index >= 15 is 0 Å². The SMILES string of the molecule is CCOC1CCN(S(=O)(=O)c2cccc(N)c2C)CC1. The predicted molar refractivity (Wildman–Crippen MR) is 79.0 cm³/mol. The maximum atomic E-state index is 12.7. The molecule has 1 heterocycles. The Balaban J connectivity index is 2.18. The van der Waals surface area contributed by atoms with Gasteiger partial charge in [0.2, 0.25) is 10.0 Å². The van der Waals surface area contributed by atoms with Gasteiger partial charge in [0.15, 0.2) is 0 Å². The largest absolute Gasteiger partial charge is 0.398 e. The lowest BCUT2D eigenvalue weighted by molar-refractivity contribution is 0.0290. The molecule has 0 radical (unpaired) electrons. The average molecular weight is 298 g/mol. The van der Waals surface area contributed by atoms with E-state index in [1.165, 1.54) is 4.31 Å². The first-order chi connectivity index (χ1) is 9.46. The summed E-state index contributed by atoms with van der Waals surface area (Å²) in [5.41, 5.74) is 6.94. The summed E-state index contributed by atoms with van der Waals surface area (Å²) in [7, 11) is -3.46. The van der Waals surface area contributed by atoms with Crippen molar-refractivity contribution in [3.05, 3.63) is 23.8 Å². The first-order valence-electron chi connectivity index (χ1n) is 6.93. The van der Waals surface area contributed by atoms with Crippen molar-refractivity contribution in [3.63, 3.8) is 0 Å². The molecule has 1 aliphatic rings. The van der Waals surface area contributed by atoms with Crippen LogP contribution in [-0.2, 0) is 14.8 Å². The van der Waals surface area contributed by atoms with Crippen LogP contribution in [0.3, 0.4) is 0 Å². The summed E-state index contributed by atoms with van der Waals surface area (Å²) in [5.74, 6) is 0. The van der Waals surface area contributed by atoms with Crippen molar-refractivity contribution in [2.45, 2.75) is 37.7 Å². The Morgan fingerprint density at radius 1 is 1.35 bits per heavy atom. The van der Waals surface area contributed by atoms with Crippen molar-refractivity contribution in [1.82, 2.24) is 4.31 Å². The molecule has 0 saturated carbocycles. The quantitative estimate of drug-likeness (QED) is 0.860. The van der Waals surface area contributed by atoms with E-state index in [0.29, 0.717) is 35.8 Å². The van der Waals surface area contributed by atoms with Crippen LogP contribution in [0.5, 0.6) is 0 Å². The van der Waals surface area contributed by atoms with Crippen LogP contribution >= 0.6 is 0 Å². The molecule has 0 amide bonds. The first kappa shape index (κ1) is 15.3. The molecule has 1 aromatic rings. The van der Waals surface area contributed by atoms with Gasteiger partial charge in [-0.25, -0.2) is 8.42 Å². The maximum Gasteiger partial charge on any atom is 0.243 e. The molecular weight excluding hydrogens is 276 g/mol. The van der Waals surface area contributed by atoms with Gasteiger partial charge in [-0.3, -0.25) is 0 Å². The van der Waals surface area contributed by atoms with E-state index in [0.717, 1.165) is 12.8 Å². The molecule has 2 N–H and O–H groups in total. The normalized spacial score (nSPS) is 18.3. The lowest BCUT2D eigenvalue weighted by Crippen LogP contribution is -2.41. The minimum absolute atomic E-state index is 0.174. The zero-order chi connectivity index (χ0) is 14.8. The van der Waals surface area contributed by atoms with E-state index in [9.17, 15) is 8.42 Å². The Bertz CT molecular complexity index is 564. The van der Waals surface area contributed by atoms with Crippen LogP contribution < -0.4 is 5.73 Å². The van der Waals surface area contributed by atoms with Crippen molar-refractivity contribution in [2.24, 2.45) is 0 Å². The van der Waals surface area contributed by atoms with Crippen LogP contribution in [0.2, 0.25) is 0 Å². The van der Waals surface area contributed by atoms with E-state index in [4.69, 9.17) is 10.5 Å². The van der Waals surface area contributed by atoms with Gasteiger partial charge in [0.1, 0.15) is 0 Å². The predicted octanol–water partition coefficient (Wildman–Crippen LogP) is 1.77. The number of benzene rings is 1. The summed E-state index contributed by atoms with van der Waals surface area (Å²) in [4.78, 5) is 0.312. The Kier molecular flexibility index (Phi) is 4.67. The zero-order valence-electron chi connectivity index (χ0n) is 12.0. The van der Waals surface area contributed by atoms with E-state index in [1.54, 1.807) is 25.1 Å². The van der Waals surface area contributed by atoms with Gasteiger partial charge in [-0.2, -0.15) is 4.31 Å². The van der Waals surface area contributed by atoms with Crippen LogP contribution in [0.25, 0.3) is 0 Å². The topological polar surface area (TPSA) is 72.6 Å². The fourth-order valence-corrected chi connectivity index (χ4v) is 4.25. The number of rotatable bonds is 4. The van der Waals surface area contributed by atoms with Crippen LogP contribution in [0.15, 0.2) is 23.1 Å². The molecule has 0 aromatic heterocycles. The molecule has 2 rings (SSSR count). The number of hydrogen-bond acceptors (Lipinski definition) is 4. The summed E-state index contributed by atoms with van der Waals surface area (Å²) in [6.45, 7) is 5.38. The number of piperidine rings is 1. The molecule has 20 heavy (non-hydrogen) atoms. The number of sulfonamides is 1. The number of hydrogen-bond donors (Lipinski definition) is 1. The van der Waals surface area contributed by atoms with Gasteiger partial charge in [0.05, 0.1) is 11.0 Å². The molecular formula is C14H22N2O3S. The third kappa shape index (κ3) is 2.97. The molecule has 112 valence electrons. The number of nitrogen functional groups attached to an aromatic ring is 1. The summed E-state index contributed by atoms with van der Waals surface area (Å²) in [5, 5.41) is 0. The van der Waals surface area contributed by atoms with Gasteiger partial charge < -0.3 is 10.5 Å². The highest BCUT2D eigenvalue weighted by Gasteiger charge is 2.30. The zero-order valence-corrected chi connectivity index (χ0v) is 12.8. The lowest BCUT2D eigenvalue weighted by atomic mass is 10.1. The van der Waals surface area contributed by atoms with Gasteiger partial charge in [0, 0.05) is 25.4 Å². The van der Waals surface area contributed by atoms with Crippen LogP contribution in [0.4, 0.5) is 5.69 Å². The summed E-state index contributed by atoms with van der Waals surface area (Å²) < 4.78 is 32.4. The van der Waals surface area contributed by atoms with Crippen molar-refractivity contribution in [2.75, 3.05) is 25.4 Å². The molecule has 1 aromatic carbocycles. The Labute approximate surface area is 120 Å². The summed E-state index contributed by atoms with van der Waals surface area (Å²) in [6, 6.07) is 5.02. The van der Waals surface area contributed by atoms with Crippen LogP contribution in [0, 0.1) is 6.92 Å². The Hall–Kier alpha value is -1.11. The van der Waals surface area contributed by atoms with E-state index < -0.39 is 10.0 Å². The second kappa shape index (κ2) is 6.11. The van der Waals surface area contributed by atoms with Crippen molar-refractivity contribution in [3.8, 4) is 0 Å². The highest BCUT2D eigenvalue weighted by Crippen LogP contribution is 2.26. The molecule has 0 unspecified atom stereocenters. The Morgan fingerprint density at radius 2 is 2.00 bits per heavy atom. The molecule has 1 aliphatic heterocycles. The van der Waals surface area contributed by atoms with Crippen LogP contribution in [0.1, 0.15) is 25.3 Å².